The van der Waals surface area contributed by atoms with Crippen LogP contribution in [0.5, 0.6) is 0 Å². The molecule has 2 aliphatic heterocycles. The molecule has 1 saturated heterocycles. The molecule has 2 N–H and O–H groups in total. The zero-order valence-corrected chi connectivity index (χ0v) is 24.4. The van der Waals surface area contributed by atoms with Gasteiger partial charge < -0.3 is 29.9 Å². The Hall–Kier alpha value is -3.75. The number of rotatable bonds is 5. The van der Waals surface area contributed by atoms with Crippen LogP contribution in [0.3, 0.4) is 0 Å². The molecule has 9 heteroatoms. The van der Waals surface area contributed by atoms with Crippen molar-refractivity contribution in [1.82, 2.24) is 10.2 Å². The van der Waals surface area contributed by atoms with Crippen LogP contribution in [-0.4, -0.2) is 53.8 Å². The van der Waals surface area contributed by atoms with E-state index in [4.69, 9.17) is 9.47 Å². The summed E-state index contributed by atoms with van der Waals surface area (Å²) in [6.07, 6.45) is 0.802. The molecule has 4 rings (SSSR count). The molecule has 0 aliphatic carbocycles. The number of nitrogens with zero attached hydrogens (tertiary/aromatic N) is 2. The molecule has 9 nitrogen and oxygen atoms in total. The van der Waals surface area contributed by atoms with Crippen molar-refractivity contribution in [3.8, 4) is 0 Å². The summed E-state index contributed by atoms with van der Waals surface area (Å²) in [5.74, 6) is -0.0890. The summed E-state index contributed by atoms with van der Waals surface area (Å²) in [6, 6.07) is 15.2. The molecule has 3 atom stereocenters. The van der Waals surface area contributed by atoms with Crippen molar-refractivity contribution in [2.45, 2.75) is 84.7 Å². The SMILES string of the molecule is CC(=O)N1c2ccc(NC3CCN(C(=O)OC(C)(C)C)CC3)cc2C(NC(=O)OCc2ccccc2)C(C)C1C. The first kappa shape index (κ1) is 29.2. The topological polar surface area (TPSA) is 100 Å². The number of hydrogen-bond donors (Lipinski definition) is 2. The van der Waals surface area contributed by atoms with Gasteiger partial charge in [0.2, 0.25) is 5.91 Å². The van der Waals surface area contributed by atoms with Gasteiger partial charge >= 0.3 is 12.2 Å². The van der Waals surface area contributed by atoms with E-state index >= 15 is 0 Å². The summed E-state index contributed by atoms with van der Waals surface area (Å²) in [5.41, 5.74) is 2.96. The quantitative estimate of drug-likeness (QED) is 0.484. The van der Waals surface area contributed by atoms with Crippen LogP contribution in [0.2, 0.25) is 0 Å². The normalized spacial score (nSPS) is 21.3. The molecular formula is C31H42N4O5. The summed E-state index contributed by atoms with van der Waals surface area (Å²) in [6.45, 7) is 12.6. The Morgan fingerprint density at radius 2 is 1.68 bits per heavy atom. The summed E-state index contributed by atoms with van der Waals surface area (Å²) in [7, 11) is 0. The average molecular weight is 551 g/mol. The summed E-state index contributed by atoms with van der Waals surface area (Å²) in [4.78, 5) is 41.5. The van der Waals surface area contributed by atoms with Crippen molar-refractivity contribution in [3.63, 3.8) is 0 Å². The number of ether oxygens (including phenoxy) is 2. The molecule has 0 saturated carbocycles. The molecule has 0 spiro atoms. The molecule has 3 amide bonds. The highest BCUT2D eigenvalue weighted by Crippen LogP contribution is 2.42. The molecular weight excluding hydrogens is 508 g/mol. The number of amides is 3. The minimum atomic E-state index is -0.518. The van der Waals surface area contributed by atoms with Crippen LogP contribution in [0.4, 0.5) is 21.0 Å². The Morgan fingerprint density at radius 1 is 1.00 bits per heavy atom. The second kappa shape index (κ2) is 12.2. The van der Waals surface area contributed by atoms with Gasteiger partial charge in [0.15, 0.2) is 0 Å². The predicted molar refractivity (Wildman–Crippen MR) is 155 cm³/mol. The molecule has 2 aliphatic rings. The molecule has 0 radical (unpaired) electrons. The number of benzene rings is 2. The van der Waals surface area contributed by atoms with Crippen LogP contribution in [-0.2, 0) is 20.9 Å². The van der Waals surface area contributed by atoms with E-state index in [2.05, 4.69) is 10.6 Å². The minimum Gasteiger partial charge on any atom is -0.445 e. The van der Waals surface area contributed by atoms with Gasteiger partial charge in [-0.3, -0.25) is 4.79 Å². The Balaban J connectivity index is 1.47. The lowest BCUT2D eigenvalue weighted by atomic mass is 9.82. The van der Waals surface area contributed by atoms with Crippen molar-refractivity contribution in [2.75, 3.05) is 23.3 Å². The second-order valence-electron chi connectivity index (χ2n) is 11.8. The van der Waals surface area contributed by atoms with Gasteiger partial charge in [-0.25, -0.2) is 9.59 Å². The summed E-state index contributed by atoms with van der Waals surface area (Å²) in [5, 5.41) is 6.67. The third kappa shape index (κ3) is 7.06. The molecule has 1 fully saturated rings. The maximum atomic E-state index is 12.9. The van der Waals surface area contributed by atoms with E-state index in [0.29, 0.717) is 13.1 Å². The van der Waals surface area contributed by atoms with Gasteiger partial charge in [-0.15, -0.1) is 0 Å². The monoisotopic (exact) mass is 550 g/mol. The highest BCUT2D eigenvalue weighted by molar-refractivity contribution is 5.94. The van der Waals surface area contributed by atoms with Gasteiger partial charge in [0, 0.05) is 55.0 Å². The van der Waals surface area contributed by atoms with Crippen LogP contribution in [0, 0.1) is 5.92 Å². The average Bonchev–Trinajstić information content (AvgIpc) is 2.90. The smallest absolute Gasteiger partial charge is 0.410 e. The number of hydrogen-bond acceptors (Lipinski definition) is 6. The van der Waals surface area contributed by atoms with E-state index in [1.165, 1.54) is 0 Å². The number of likely N-dealkylation sites (tertiary alicyclic amines) is 1. The first-order chi connectivity index (χ1) is 18.9. The van der Waals surface area contributed by atoms with Crippen LogP contribution >= 0.6 is 0 Å². The largest absolute Gasteiger partial charge is 0.445 e. The van der Waals surface area contributed by atoms with Crippen molar-refractivity contribution in [1.29, 1.82) is 0 Å². The number of anilines is 2. The second-order valence-corrected chi connectivity index (χ2v) is 11.8. The number of fused-ring (bicyclic) bond motifs is 1. The van der Waals surface area contributed by atoms with Crippen LogP contribution < -0.4 is 15.5 Å². The highest BCUT2D eigenvalue weighted by atomic mass is 16.6. The lowest BCUT2D eigenvalue weighted by Crippen LogP contribution is -2.50. The first-order valence-electron chi connectivity index (χ1n) is 14.1. The maximum absolute atomic E-state index is 12.9. The van der Waals surface area contributed by atoms with E-state index in [1.54, 1.807) is 16.7 Å². The van der Waals surface area contributed by atoms with Crippen molar-refractivity contribution >= 4 is 29.5 Å². The molecule has 216 valence electrons. The standard InChI is InChI=1S/C31H42N4O5/c1-20-21(2)35(22(3)36)27-13-12-25(32-24-14-16-34(17-15-24)30(38)40-31(4,5)6)18-26(27)28(20)33-29(37)39-19-23-10-8-7-9-11-23/h7-13,18,20-21,24,28,32H,14-17,19H2,1-6H3,(H,33,37). The van der Waals surface area contributed by atoms with Gasteiger partial charge in [0.05, 0.1) is 6.04 Å². The van der Waals surface area contributed by atoms with Crippen molar-refractivity contribution in [2.24, 2.45) is 5.92 Å². The third-order valence-electron chi connectivity index (χ3n) is 7.66. The zero-order chi connectivity index (χ0) is 29.0. The number of carbonyl (C=O) groups excluding carboxylic acids is 3. The number of carbonyl (C=O) groups is 3. The first-order valence-corrected chi connectivity index (χ1v) is 14.1. The van der Waals surface area contributed by atoms with Gasteiger partial charge in [0.25, 0.3) is 0 Å². The van der Waals surface area contributed by atoms with Crippen molar-refractivity contribution in [3.05, 3.63) is 59.7 Å². The van der Waals surface area contributed by atoms with Gasteiger partial charge in [-0.2, -0.15) is 0 Å². The van der Waals surface area contributed by atoms with Crippen LogP contribution in [0.1, 0.15) is 71.6 Å². The van der Waals surface area contributed by atoms with Gasteiger partial charge in [-0.1, -0.05) is 37.3 Å². The molecule has 0 aromatic heterocycles. The fraction of sp³-hybridized carbons (Fsp3) is 0.516. The molecule has 2 aromatic rings. The number of alkyl carbamates (subject to hydrolysis) is 1. The Morgan fingerprint density at radius 3 is 2.30 bits per heavy atom. The van der Waals surface area contributed by atoms with E-state index in [0.717, 1.165) is 35.3 Å². The van der Waals surface area contributed by atoms with Gasteiger partial charge in [0.1, 0.15) is 12.2 Å². The molecule has 2 heterocycles. The summed E-state index contributed by atoms with van der Waals surface area (Å²) >= 11 is 0. The Kier molecular flexibility index (Phi) is 8.91. The van der Waals surface area contributed by atoms with Crippen LogP contribution in [0.15, 0.2) is 48.5 Å². The number of nitrogens with one attached hydrogen (secondary N) is 2. The van der Waals surface area contributed by atoms with E-state index in [1.807, 2.05) is 83.1 Å². The highest BCUT2D eigenvalue weighted by Gasteiger charge is 2.39. The maximum Gasteiger partial charge on any atom is 0.410 e. The predicted octanol–water partition coefficient (Wildman–Crippen LogP) is 5.86. The third-order valence-corrected chi connectivity index (χ3v) is 7.66. The summed E-state index contributed by atoms with van der Waals surface area (Å²) < 4.78 is 11.0. The van der Waals surface area contributed by atoms with Crippen molar-refractivity contribution < 1.29 is 23.9 Å². The molecule has 2 aromatic carbocycles. The lowest BCUT2D eigenvalue weighted by Gasteiger charge is -2.44. The van der Waals surface area contributed by atoms with Crippen LogP contribution in [0.25, 0.3) is 0 Å². The molecule has 3 unspecified atom stereocenters. The van der Waals surface area contributed by atoms with E-state index in [9.17, 15) is 14.4 Å². The fourth-order valence-electron chi connectivity index (χ4n) is 5.45. The lowest BCUT2D eigenvalue weighted by molar-refractivity contribution is -0.117. The molecule has 40 heavy (non-hydrogen) atoms. The minimum absolute atomic E-state index is 0.0408. The fourth-order valence-corrected chi connectivity index (χ4v) is 5.45. The van der Waals surface area contributed by atoms with E-state index in [-0.39, 0.29) is 42.7 Å². The number of piperidine rings is 1. The zero-order valence-electron chi connectivity index (χ0n) is 24.4. The van der Waals surface area contributed by atoms with Gasteiger partial charge in [-0.05, 0) is 64.3 Å². The Bertz CT molecular complexity index is 1200. The molecule has 0 bridgehead atoms. The Labute approximate surface area is 237 Å². The van der Waals surface area contributed by atoms with E-state index < -0.39 is 11.7 Å².